The van der Waals surface area contributed by atoms with Crippen molar-refractivity contribution in [2.24, 2.45) is 5.92 Å². The maximum atomic E-state index is 8.78. The smallest absolute Gasteiger partial charge is 0.0434 e. The van der Waals surface area contributed by atoms with Crippen molar-refractivity contribution in [2.75, 3.05) is 13.2 Å². The molecule has 1 heterocycles. The first-order chi connectivity index (χ1) is 7.76. The summed E-state index contributed by atoms with van der Waals surface area (Å²) in [6.07, 6.45) is 6.39. The van der Waals surface area contributed by atoms with E-state index in [1.165, 1.54) is 12.0 Å². The van der Waals surface area contributed by atoms with E-state index in [2.05, 4.69) is 42.2 Å². The number of rotatable bonds is 8. The minimum absolute atomic E-state index is 0.287. The van der Waals surface area contributed by atoms with Gasteiger partial charge in [0.2, 0.25) is 0 Å². The normalized spacial score (nSPS) is 12.9. The Hall–Kier alpha value is -0.800. The van der Waals surface area contributed by atoms with E-state index in [-0.39, 0.29) is 6.61 Å². The first-order valence-corrected chi connectivity index (χ1v) is 6.22. The summed E-state index contributed by atoms with van der Waals surface area (Å²) in [6.45, 7) is 7.63. The molecule has 0 radical (unpaired) electrons. The van der Waals surface area contributed by atoms with E-state index in [0.717, 1.165) is 26.1 Å². The van der Waals surface area contributed by atoms with Gasteiger partial charge in [0.05, 0.1) is 0 Å². The SMILES string of the molecule is CCCn1ccc(CNCC(C)CCO)c1. The second-order valence-electron chi connectivity index (χ2n) is 4.51. The molecule has 0 saturated heterocycles. The van der Waals surface area contributed by atoms with E-state index < -0.39 is 0 Å². The third-order valence-corrected chi connectivity index (χ3v) is 2.74. The molecule has 0 fully saturated rings. The quantitative estimate of drug-likeness (QED) is 0.709. The number of aryl methyl sites for hydroxylation is 1. The van der Waals surface area contributed by atoms with Crippen LogP contribution in [0.1, 0.15) is 32.3 Å². The summed E-state index contributed by atoms with van der Waals surface area (Å²) < 4.78 is 2.23. The molecule has 0 saturated carbocycles. The van der Waals surface area contributed by atoms with Crippen molar-refractivity contribution in [3.63, 3.8) is 0 Å². The molecule has 1 unspecified atom stereocenters. The van der Waals surface area contributed by atoms with E-state index in [9.17, 15) is 0 Å². The average molecular weight is 224 g/mol. The number of hydrogen-bond donors (Lipinski definition) is 2. The van der Waals surface area contributed by atoms with Crippen molar-refractivity contribution in [3.8, 4) is 0 Å². The zero-order chi connectivity index (χ0) is 11.8. The Morgan fingerprint density at radius 1 is 1.50 bits per heavy atom. The lowest BCUT2D eigenvalue weighted by Crippen LogP contribution is -2.21. The molecule has 2 N–H and O–H groups in total. The van der Waals surface area contributed by atoms with Gasteiger partial charge in [-0.3, -0.25) is 0 Å². The van der Waals surface area contributed by atoms with Crippen molar-refractivity contribution in [1.29, 1.82) is 0 Å². The van der Waals surface area contributed by atoms with Gasteiger partial charge in [-0.2, -0.15) is 0 Å². The van der Waals surface area contributed by atoms with Gasteiger partial charge in [0.15, 0.2) is 0 Å². The first kappa shape index (κ1) is 13.3. The second-order valence-corrected chi connectivity index (χ2v) is 4.51. The molecular formula is C13H24N2O. The van der Waals surface area contributed by atoms with Gasteiger partial charge in [0.25, 0.3) is 0 Å². The zero-order valence-electron chi connectivity index (χ0n) is 10.4. The van der Waals surface area contributed by atoms with Crippen LogP contribution >= 0.6 is 0 Å². The maximum Gasteiger partial charge on any atom is 0.0434 e. The maximum absolute atomic E-state index is 8.78. The molecule has 1 aromatic heterocycles. The molecule has 1 atom stereocenters. The van der Waals surface area contributed by atoms with Crippen molar-refractivity contribution in [3.05, 3.63) is 24.0 Å². The fraction of sp³-hybridized carbons (Fsp3) is 0.692. The summed E-state index contributed by atoms with van der Waals surface area (Å²) in [7, 11) is 0. The molecule has 92 valence electrons. The highest BCUT2D eigenvalue weighted by molar-refractivity contribution is 5.09. The zero-order valence-corrected chi connectivity index (χ0v) is 10.4. The van der Waals surface area contributed by atoms with Gasteiger partial charge < -0.3 is 15.0 Å². The van der Waals surface area contributed by atoms with Crippen molar-refractivity contribution in [1.82, 2.24) is 9.88 Å². The molecule has 3 heteroatoms. The number of aromatic nitrogens is 1. The van der Waals surface area contributed by atoms with Crippen LogP contribution in [0.4, 0.5) is 0 Å². The Morgan fingerprint density at radius 2 is 2.31 bits per heavy atom. The molecule has 1 rings (SSSR count). The minimum atomic E-state index is 0.287. The highest BCUT2D eigenvalue weighted by Gasteiger charge is 2.01. The minimum Gasteiger partial charge on any atom is -0.396 e. The van der Waals surface area contributed by atoms with Crippen LogP contribution in [0.3, 0.4) is 0 Å². The lowest BCUT2D eigenvalue weighted by molar-refractivity contribution is 0.260. The van der Waals surface area contributed by atoms with Gasteiger partial charge in [-0.05, 0) is 36.9 Å². The summed E-state index contributed by atoms with van der Waals surface area (Å²) >= 11 is 0. The van der Waals surface area contributed by atoms with Gasteiger partial charge in [-0.25, -0.2) is 0 Å². The van der Waals surface area contributed by atoms with Gasteiger partial charge in [-0.15, -0.1) is 0 Å². The predicted octanol–water partition coefficient (Wildman–Crippen LogP) is 2.01. The van der Waals surface area contributed by atoms with E-state index in [0.29, 0.717) is 5.92 Å². The third-order valence-electron chi connectivity index (χ3n) is 2.74. The summed E-state index contributed by atoms with van der Waals surface area (Å²) in [5.74, 6) is 0.544. The predicted molar refractivity (Wildman–Crippen MR) is 67.3 cm³/mol. The Morgan fingerprint density at radius 3 is 3.00 bits per heavy atom. The van der Waals surface area contributed by atoms with Gasteiger partial charge in [0, 0.05) is 32.1 Å². The highest BCUT2D eigenvalue weighted by Crippen LogP contribution is 2.03. The largest absolute Gasteiger partial charge is 0.396 e. The summed E-state index contributed by atoms with van der Waals surface area (Å²) in [5, 5.41) is 12.2. The van der Waals surface area contributed by atoms with Crippen LogP contribution in [-0.2, 0) is 13.1 Å². The van der Waals surface area contributed by atoms with Crippen molar-refractivity contribution >= 4 is 0 Å². The lowest BCUT2D eigenvalue weighted by Gasteiger charge is -2.10. The van der Waals surface area contributed by atoms with Crippen LogP contribution in [0.2, 0.25) is 0 Å². The Kier molecular flexibility index (Phi) is 6.19. The molecule has 0 aliphatic carbocycles. The Labute approximate surface area is 98.5 Å². The molecule has 0 bridgehead atoms. The standard InChI is InChI=1S/C13H24N2O/c1-3-6-15-7-4-13(11-15)10-14-9-12(2)5-8-16/h4,7,11-12,14,16H,3,5-6,8-10H2,1-2H3. The summed E-state index contributed by atoms with van der Waals surface area (Å²) in [5.41, 5.74) is 1.34. The molecule has 0 aliphatic heterocycles. The third kappa shape index (κ3) is 4.81. The van der Waals surface area contributed by atoms with Gasteiger partial charge in [-0.1, -0.05) is 13.8 Å². The van der Waals surface area contributed by atoms with Crippen molar-refractivity contribution < 1.29 is 5.11 Å². The van der Waals surface area contributed by atoms with Gasteiger partial charge in [0.1, 0.15) is 0 Å². The second kappa shape index (κ2) is 7.47. The summed E-state index contributed by atoms with van der Waals surface area (Å²) in [6, 6.07) is 2.17. The van der Waals surface area contributed by atoms with E-state index in [1.807, 2.05) is 0 Å². The van der Waals surface area contributed by atoms with Crippen LogP contribution < -0.4 is 5.32 Å². The van der Waals surface area contributed by atoms with Crippen LogP contribution in [0, 0.1) is 5.92 Å². The fourth-order valence-corrected chi connectivity index (χ4v) is 1.78. The first-order valence-electron chi connectivity index (χ1n) is 6.22. The molecule has 0 aliphatic rings. The average Bonchev–Trinajstić information content (AvgIpc) is 2.67. The van der Waals surface area contributed by atoms with Gasteiger partial charge >= 0.3 is 0 Å². The summed E-state index contributed by atoms with van der Waals surface area (Å²) in [4.78, 5) is 0. The topological polar surface area (TPSA) is 37.2 Å². The van der Waals surface area contributed by atoms with E-state index in [4.69, 9.17) is 5.11 Å². The number of aliphatic hydroxyl groups excluding tert-OH is 1. The van der Waals surface area contributed by atoms with Crippen molar-refractivity contribution in [2.45, 2.75) is 39.8 Å². The van der Waals surface area contributed by atoms with Crippen LogP contribution in [0.15, 0.2) is 18.5 Å². The van der Waals surface area contributed by atoms with E-state index >= 15 is 0 Å². The lowest BCUT2D eigenvalue weighted by atomic mass is 10.1. The molecule has 0 spiro atoms. The molecular weight excluding hydrogens is 200 g/mol. The number of aliphatic hydroxyl groups is 1. The number of nitrogens with one attached hydrogen (secondary N) is 1. The fourth-order valence-electron chi connectivity index (χ4n) is 1.78. The Bertz CT molecular complexity index is 283. The number of hydrogen-bond acceptors (Lipinski definition) is 2. The Balaban J connectivity index is 2.21. The van der Waals surface area contributed by atoms with Crippen LogP contribution in [-0.4, -0.2) is 22.8 Å². The molecule has 0 amide bonds. The molecule has 16 heavy (non-hydrogen) atoms. The monoisotopic (exact) mass is 224 g/mol. The molecule has 1 aromatic rings. The van der Waals surface area contributed by atoms with Crippen LogP contribution in [0.25, 0.3) is 0 Å². The van der Waals surface area contributed by atoms with Crippen LogP contribution in [0.5, 0.6) is 0 Å². The molecule has 3 nitrogen and oxygen atoms in total. The van der Waals surface area contributed by atoms with E-state index in [1.54, 1.807) is 0 Å². The highest BCUT2D eigenvalue weighted by atomic mass is 16.3. The number of nitrogens with zero attached hydrogens (tertiary/aromatic N) is 1. The molecule has 0 aromatic carbocycles.